The van der Waals surface area contributed by atoms with Gasteiger partial charge in [0.25, 0.3) is 0 Å². The molecule has 0 saturated heterocycles. The summed E-state index contributed by atoms with van der Waals surface area (Å²) < 4.78 is 0. The lowest BCUT2D eigenvalue weighted by molar-refractivity contribution is -0.123. The molecule has 0 aromatic carbocycles. The van der Waals surface area contributed by atoms with Gasteiger partial charge in [-0.2, -0.15) is 0 Å². The van der Waals surface area contributed by atoms with E-state index in [4.69, 9.17) is 10.2 Å². The van der Waals surface area contributed by atoms with Crippen LogP contribution in [0.25, 0.3) is 0 Å². The van der Waals surface area contributed by atoms with Crippen LogP contribution >= 0.6 is 11.3 Å². The number of nitrogens with one attached hydrogen (secondary N) is 1. The number of nitrogens with zero attached hydrogens (tertiary/aromatic N) is 1. The molecule has 0 bridgehead atoms. The van der Waals surface area contributed by atoms with Crippen LogP contribution in [0.1, 0.15) is 17.6 Å². The fourth-order valence-corrected chi connectivity index (χ4v) is 1.78. The predicted octanol–water partition coefficient (Wildman–Crippen LogP) is -0.146. The Bertz CT molecular complexity index is 361. The van der Waals surface area contributed by atoms with E-state index in [1.165, 1.54) is 11.3 Å². The van der Waals surface area contributed by atoms with Crippen LogP contribution in [-0.2, 0) is 11.2 Å². The normalized spacial score (nSPS) is 11.5. The SMILES string of the molecule is Cc1nc(CC(=O)NC(C)(CO)CO)cs1. The van der Waals surface area contributed by atoms with Crippen molar-refractivity contribution in [2.24, 2.45) is 0 Å². The van der Waals surface area contributed by atoms with E-state index < -0.39 is 5.54 Å². The van der Waals surface area contributed by atoms with E-state index in [0.717, 1.165) is 5.01 Å². The number of hydrogen-bond acceptors (Lipinski definition) is 5. The van der Waals surface area contributed by atoms with Crippen molar-refractivity contribution < 1.29 is 15.0 Å². The van der Waals surface area contributed by atoms with Crippen molar-refractivity contribution in [1.82, 2.24) is 10.3 Å². The van der Waals surface area contributed by atoms with E-state index in [9.17, 15) is 4.79 Å². The van der Waals surface area contributed by atoms with Crippen LogP contribution in [0.15, 0.2) is 5.38 Å². The van der Waals surface area contributed by atoms with Gasteiger partial charge in [-0.1, -0.05) is 0 Å². The molecule has 0 aliphatic heterocycles. The van der Waals surface area contributed by atoms with Crippen LogP contribution < -0.4 is 5.32 Å². The molecule has 0 aliphatic rings. The highest BCUT2D eigenvalue weighted by Gasteiger charge is 2.24. The smallest absolute Gasteiger partial charge is 0.226 e. The molecule has 0 saturated carbocycles. The number of amides is 1. The molecule has 90 valence electrons. The largest absolute Gasteiger partial charge is 0.394 e. The highest BCUT2D eigenvalue weighted by molar-refractivity contribution is 7.09. The Balaban J connectivity index is 2.53. The second kappa shape index (κ2) is 5.38. The Labute approximate surface area is 98.1 Å². The first-order valence-electron chi connectivity index (χ1n) is 4.93. The van der Waals surface area contributed by atoms with Gasteiger partial charge in [0, 0.05) is 5.38 Å². The number of aromatic nitrogens is 1. The molecular weight excluding hydrogens is 228 g/mol. The van der Waals surface area contributed by atoms with Crippen molar-refractivity contribution in [3.63, 3.8) is 0 Å². The summed E-state index contributed by atoms with van der Waals surface area (Å²) in [6, 6.07) is 0. The summed E-state index contributed by atoms with van der Waals surface area (Å²) in [5.74, 6) is -0.254. The van der Waals surface area contributed by atoms with Gasteiger partial charge in [-0.25, -0.2) is 4.98 Å². The second-order valence-corrected chi connectivity index (χ2v) is 5.02. The fraction of sp³-hybridized carbons (Fsp3) is 0.600. The third kappa shape index (κ3) is 3.55. The van der Waals surface area contributed by atoms with Gasteiger partial charge in [-0.3, -0.25) is 4.79 Å². The lowest BCUT2D eigenvalue weighted by Gasteiger charge is -2.25. The van der Waals surface area contributed by atoms with E-state index in [1.807, 2.05) is 12.3 Å². The highest BCUT2D eigenvalue weighted by atomic mass is 32.1. The number of aliphatic hydroxyl groups is 2. The van der Waals surface area contributed by atoms with Crippen molar-refractivity contribution in [2.75, 3.05) is 13.2 Å². The number of carbonyl (C=O) groups excluding carboxylic acids is 1. The summed E-state index contributed by atoms with van der Waals surface area (Å²) in [5.41, 5.74) is -0.263. The summed E-state index contributed by atoms with van der Waals surface area (Å²) in [6.45, 7) is 2.85. The van der Waals surface area contributed by atoms with E-state index in [0.29, 0.717) is 5.69 Å². The van der Waals surface area contributed by atoms with Crippen LogP contribution in [0, 0.1) is 6.92 Å². The van der Waals surface area contributed by atoms with Crippen LogP contribution in [0.3, 0.4) is 0 Å². The maximum atomic E-state index is 11.6. The monoisotopic (exact) mass is 244 g/mol. The van der Waals surface area contributed by atoms with Crippen LogP contribution in [0.5, 0.6) is 0 Å². The van der Waals surface area contributed by atoms with Crippen molar-refractivity contribution in [2.45, 2.75) is 25.8 Å². The minimum Gasteiger partial charge on any atom is -0.394 e. The number of aryl methyl sites for hydroxylation is 1. The summed E-state index contributed by atoms with van der Waals surface area (Å²) in [6.07, 6.45) is 0.167. The number of carbonyl (C=O) groups is 1. The first-order chi connectivity index (χ1) is 7.49. The molecule has 6 heteroatoms. The molecule has 16 heavy (non-hydrogen) atoms. The molecule has 1 heterocycles. The van der Waals surface area contributed by atoms with Gasteiger partial charge in [-0.15, -0.1) is 11.3 Å². The van der Waals surface area contributed by atoms with Gasteiger partial charge < -0.3 is 15.5 Å². The molecular formula is C10H16N2O3S. The molecule has 0 unspecified atom stereocenters. The number of aliphatic hydroxyl groups excluding tert-OH is 2. The molecule has 3 N–H and O–H groups in total. The van der Waals surface area contributed by atoms with E-state index >= 15 is 0 Å². The van der Waals surface area contributed by atoms with Gasteiger partial charge >= 0.3 is 0 Å². The Kier molecular flexibility index (Phi) is 4.40. The third-order valence-corrected chi connectivity index (χ3v) is 2.97. The minimum atomic E-state index is -0.970. The summed E-state index contributed by atoms with van der Waals surface area (Å²) in [7, 11) is 0. The summed E-state index contributed by atoms with van der Waals surface area (Å²) in [4.78, 5) is 15.8. The van der Waals surface area contributed by atoms with Crippen molar-refractivity contribution in [3.8, 4) is 0 Å². The van der Waals surface area contributed by atoms with E-state index in [-0.39, 0.29) is 25.5 Å². The molecule has 0 aliphatic carbocycles. The lowest BCUT2D eigenvalue weighted by Crippen LogP contribution is -2.52. The first-order valence-corrected chi connectivity index (χ1v) is 5.81. The Morgan fingerprint density at radius 3 is 2.62 bits per heavy atom. The first kappa shape index (κ1) is 13.1. The molecule has 1 amide bonds. The van der Waals surface area contributed by atoms with Gasteiger partial charge in [-0.05, 0) is 13.8 Å². The van der Waals surface area contributed by atoms with Crippen LogP contribution in [-0.4, -0.2) is 39.9 Å². The number of thiazole rings is 1. The standard InChI is InChI=1S/C10H16N2O3S/c1-7-11-8(4-16-7)3-9(15)12-10(2,5-13)6-14/h4,13-14H,3,5-6H2,1-2H3,(H,12,15). The minimum absolute atomic E-state index is 0.167. The van der Waals surface area contributed by atoms with Gasteiger partial charge in [0.15, 0.2) is 0 Å². The maximum absolute atomic E-state index is 11.6. The van der Waals surface area contributed by atoms with Gasteiger partial charge in [0.1, 0.15) is 0 Å². The second-order valence-electron chi connectivity index (χ2n) is 3.96. The van der Waals surface area contributed by atoms with E-state index in [2.05, 4.69) is 10.3 Å². The molecule has 0 fully saturated rings. The Morgan fingerprint density at radius 1 is 1.56 bits per heavy atom. The maximum Gasteiger partial charge on any atom is 0.226 e. The zero-order valence-electron chi connectivity index (χ0n) is 9.36. The average Bonchev–Trinajstić information content (AvgIpc) is 2.63. The van der Waals surface area contributed by atoms with Gasteiger partial charge in [0.2, 0.25) is 5.91 Å². The zero-order valence-corrected chi connectivity index (χ0v) is 10.2. The van der Waals surface area contributed by atoms with Crippen LogP contribution in [0.2, 0.25) is 0 Å². The quantitative estimate of drug-likeness (QED) is 0.673. The molecule has 0 radical (unpaired) electrons. The van der Waals surface area contributed by atoms with Crippen molar-refractivity contribution in [1.29, 1.82) is 0 Å². The number of rotatable bonds is 5. The Morgan fingerprint density at radius 2 is 2.19 bits per heavy atom. The highest BCUT2D eigenvalue weighted by Crippen LogP contribution is 2.09. The van der Waals surface area contributed by atoms with Crippen molar-refractivity contribution in [3.05, 3.63) is 16.1 Å². The molecule has 0 spiro atoms. The summed E-state index contributed by atoms with van der Waals surface area (Å²) >= 11 is 1.49. The topological polar surface area (TPSA) is 82.5 Å². The number of hydrogen-bond donors (Lipinski definition) is 3. The molecule has 0 atom stereocenters. The van der Waals surface area contributed by atoms with Crippen LogP contribution in [0.4, 0.5) is 0 Å². The molecule has 5 nitrogen and oxygen atoms in total. The molecule has 1 rings (SSSR count). The predicted molar refractivity (Wildman–Crippen MR) is 61.3 cm³/mol. The summed E-state index contributed by atoms with van der Waals surface area (Å²) in [5, 5.41) is 23.3. The average molecular weight is 244 g/mol. The molecule has 1 aromatic heterocycles. The Hall–Kier alpha value is -0.980. The van der Waals surface area contributed by atoms with Gasteiger partial charge in [0.05, 0.1) is 35.9 Å². The van der Waals surface area contributed by atoms with E-state index in [1.54, 1.807) is 6.92 Å². The fourth-order valence-electron chi connectivity index (χ4n) is 1.16. The molecule has 1 aromatic rings. The third-order valence-electron chi connectivity index (χ3n) is 2.15. The zero-order chi connectivity index (χ0) is 12.2. The lowest BCUT2D eigenvalue weighted by atomic mass is 10.1. The van der Waals surface area contributed by atoms with Crippen molar-refractivity contribution >= 4 is 17.2 Å².